The number of hydrogen-bond donors (Lipinski definition) is 3. The van der Waals surface area contributed by atoms with Crippen LogP contribution in [0.2, 0.25) is 0 Å². The molecule has 34 heavy (non-hydrogen) atoms. The molecule has 2 heterocycles. The molecule has 1 atom stereocenters. The van der Waals surface area contributed by atoms with E-state index in [1.165, 1.54) is 23.3 Å². The van der Waals surface area contributed by atoms with Gasteiger partial charge in [0.2, 0.25) is 0 Å². The van der Waals surface area contributed by atoms with E-state index in [-0.39, 0.29) is 6.04 Å². The molecule has 0 aliphatic heterocycles. The van der Waals surface area contributed by atoms with E-state index >= 15 is 0 Å². The fraction of sp³-hybridized carbons (Fsp3) is 0.0741. The van der Waals surface area contributed by atoms with Crippen LogP contribution >= 0.6 is 0 Å². The molecule has 0 spiro atoms. The molecule has 2 aromatic heterocycles. The first-order chi connectivity index (χ1) is 16.7. The van der Waals surface area contributed by atoms with Crippen LogP contribution in [-0.4, -0.2) is 31.1 Å². The van der Waals surface area contributed by atoms with E-state index in [0.717, 1.165) is 22.2 Å². The highest BCUT2D eigenvalue weighted by Gasteiger charge is 2.19. The van der Waals surface area contributed by atoms with Crippen LogP contribution < -0.4 is 5.48 Å². The Balaban J connectivity index is 1.47. The van der Waals surface area contributed by atoms with Gasteiger partial charge >= 0.3 is 0 Å². The van der Waals surface area contributed by atoms with Crippen molar-refractivity contribution >= 4 is 22.9 Å². The summed E-state index contributed by atoms with van der Waals surface area (Å²) in [6, 6.07) is 29.0. The number of nitrogens with zero attached hydrogens (tertiary/aromatic N) is 3. The number of rotatable bonds is 7. The molecule has 0 saturated heterocycles. The molecule has 0 radical (unpaired) electrons. The largest absolute Gasteiger partial charge is 0.357 e. The lowest BCUT2D eigenvalue weighted by molar-refractivity contribution is -0.124. The average Bonchev–Trinajstić information content (AvgIpc) is 3.54. The summed E-state index contributed by atoms with van der Waals surface area (Å²) in [6.45, 7) is 0. The van der Waals surface area contributed by atoms with Gasteiger partial charge in [-0.15, -0.1) is 5.10 Å². The SMILES string of the molecule is O=C(C=Cc1cn(C(Cc2ccc(-c3ccccc3)cc2)c2cc3ccccc3[nH]2)nn1)NO. The molecule has 0 bridgehead atoms. The third kappa shape index (κ3) is 4.65. The highest BCUT2D eigenvalue weighted by Crippen LogP contribution is 2.27. The van der Waals surface area contributed by atoms with E-state index in [2.05, 4.69) is 63.8 Å². The Bertz CT molecular complexity index is 1400. The Labute approximate surface area is 196 Å². The molecule has 0 aliphatic carbocycles. The minimum atomic E-state index is -0.625. The number of amides is 1. The Hall–Kier alpha value is -4.49. The molecule has 7 nitrogen and oxygen atoms in total. The maximum Gasteiger partial charge on any atom is 0.267 e. The molecule has 1 unspecified atom stereocenters. The number of para-hydroxylation sites is 1. The van der Waals surface area contributed by atoms with Gasteiger partial charge in [-0.05, 0) is 40.3 Å². The van der Waals surface area contributed by atoms with Gasteiger partial charge in [-0.2, -0.15) is 0 Å². The Morgan fingerprint density at radius 1 is 1.00 bits per heavy atom. The fourth-order valence-corrected chi connectivity index (χ4v) is 4.03. The zero-order valence-corrected chi connectivity index (χ0v) is 18.3. The zero-order valence-electron chi connectivity index (χ0n) is 18.3. The fourth-order valence-electron chi connectivity index (χ4n) is 4.03. The van der Waals surface area contributed by atoms with Gasteiger partial charge in [0.15, 0.2) is 0 Å². The highest BCUT2D eigenvalue weighted by atomic mass is 16.5. The van der Waals surface area contributed by atoms with Crippen molar-refractivity contribution in [2.24, 2.45) is 0 Å². The Morgan fingerprint density at radius 3 is 2.50 bits per heavy atom. The van der Waals surface area contributed by atoms with Crippen molar-refractivity contribution < 1.29 is 10.0 Å². The van der Waals surface area contributed by atoms with Gasteiger partial charge in [0.25, 0.3) is 5.91 Å². The van der Waals surface area contributed by atoms with Gasteiger partial charge in [0.1, 0.15) is 5.69 Å². The summed E-state index contributed by atoms with van der Waals surface area (Å²) in [4.78, 5) is 14.8. The van der Waals surface area contributed by atoms with E-state index in [0.29, 0.717) is 12.1 Å². The van der Waals surface area contributed by atoms with Crippen molar-refractivity contribution in [1.82, 2.24) is 25.5 Å². The first kappa shape index (κ1) is 21.4. The number of aromatic nitrogens is 4. The van der Waals surface area contributed by atoms with E-state index in [1.54, 1.807) is 16.4 Å². The molecule has 7 heteroatoms. The average molecular weight is 450 g/mol. The molecule has 0 fully saturated rings. The summed E-state index contributed by atoms with van der Waals surface area (Å²) in [6.07, 6.45) is 5.20. The van der Waals surface area contributed by atoms with Crippen molar-refractivity contribution in [2.75, 3.05) is 0 Å². The van der Waals surface area contributed by atoms with Gasteiger partial charge in [-0.1, -0.05) is 78.0 Å². The van der Waals surface area contributed by atoms with Gasteiger partial charge in [-0.25, -0.2) is 10.2 Å². The standard InChI is InChI=1S/C27H23N5O2/c33-27(30-34)15-14-23-18-32(31-29-23)26(25-17-22-8-4-5-9-24(22)28-25)16-19-10-12-21(13-11-19)20-6-2-1-3-7-20/h1-15,17-18,26,28,34H,16H2,(H,30,33). The summed E-state index contributed by atoms with van der Waals surface area (Å²) in [5.41, 5.74) is 7.67. The lowest BCUT2D eigenvalue weighted by atomic mass is 9.99. The molecule has 0 saturated carbocycles. The predicted molar refractivity (Wildman–Crippen MR) is 131 cm³/mol. The maximum absolute atomic E-state index is 11.3. The summed E-state index contributed by atoms with van der Waals surface area (Å²) < 4.78 is 1.80. The molecule has 3 aromatic carbocycles. The molecule has 1 amide bonds. The number of hydrogen-bond acceptors (Lipinski definition) is 4. The minimum Gasteiger partial charge on any atom is -0.357 e. The van der Waals surface area contributed by atoms with Crippen LogP contribution in [0.1, 0.15) is 23.0 Å². The second-order valence-electron chi connectivity index (χ2n) is 8.03. The van der Waals surface area contributed by atoms with Crippen LogP contribution in [0.15, 0.2) is 97.2 Å². The van der Waals surface area contributed by atoms with Crippen LogP contribution in [0.4, 0.5) is 0 Å². The quantitative estimate of drug-likeness (QED) is 0.189. The van der Waals surface area contributed by atoms with Gasteiger partial charge in [0, 0.05) is 23.7 Å². The van der Waals surface area contributed by atoms with Crippen molar-refractivity contribution in [3.63, 3.8) is 0 Å². The Kier molecular flexibility index (Phi) is 6.01. The lowest BCUT2D eigenvalue weighted by Gasteiger charge is -2.16. The summed E-state index contributed by atoms with van der Waals surface area (Å²) in [5.74, 6) is -0.625. The van der Waals surface area contributed by atoms with E-state index in [4.69, 9.17) is 5.21 Å². The van der Waals surface area contributed by atoms with Crippen LogP contribution in [0, 0.1) is 0 Å². The van der Waals surface area contributed by atoms with Crippen LogP contribution in [0.5, 0.6) is 0 Å². The number of carbonyl (C=O) groups is 1. The number of aromatic amines is 1. The van der Waals surface area contributed by atoms with Crippen molar-refractivity contribution in [3.05, 3.63) is 114 Å². The highest BCUT2D eigenvalue weighted by molar-refractivity contribution is 5.90. The van der Waals surface area contributed by atoms with Gasteiger partial charge in [0.05, 0.1) is 12.2 Å². The number of H-pyrrole nitrogens is 1. The summed E-state index contributed by atoms with van der Waals surface area (Å²) in [7, 11) is 0. The second-order valence-corrected chi connectivity index (χ2v) is 8.03. The van der Waals surface area contributed by atoms with Crippen molar-refractivity contribution in [2.45, 2.75) is 12.5 Å². The summed E-state index contributed by atoms with van der Waals surface area (Å²) in [5, 5.41) is 18.3. The second kappa shape index (κ2) is 9.56. The normalized spacial score (nSPS) is 12.3. The molecule has 5 rings (SSSR count). The number of nitrogens with one attached hydrogen (secondary N) is 2. The van der Waals surface area contributed by atoms with Crippen molar-refractivity contribution in [3.8, 4) is 11.1 Å². The topological polar surface area (TPSA) is 95.8 Å². The maximum atomic E-state index is 11.3. The third-order valence-corrected chi connectivity index (χ3v) is 5.76. The molecular formula is C27H23N5O2. The molecule has 3 N–H and O–H groups in total. The lowest BCUT2D eigenvalue weighted by Crippen LogP contribution is -2.15. The van der Waals surface area contributed by atoms with Gasteiger partial charge < -0.3 is 4.98 Å². The van der Waals surface area contributed by atoms with Crippen molar-refractivity contribution in [1.29, 1.82) is 0 Å². The predicted octanol–water partition coefficient (Wildman–Crippen LogP) is 4.78. The van der Waals surface area contributed by atoms with Gasteiger partial charge in [-0.3, -0.25) is 10.0 Å². The summed E-state index contributed by atoms with van der Waals surface area (Å²) >= 11 is 0. The molecule has 5 aromatic rings. The number of fused-ring (bicyclic) bond motifs is 1. The van der Waals surface area contributed by atoms with E-state index < -0.39 is 5.91 Å². The number of benzene rings is 3. The number of carbonyl (C=O) groups excluding carboxylic acids is 1. The number of hydroxylamine groups is 1. The molecule has 168 valence electrons. The monoisotopic (exact) mass is 449 g/mol. The van der Waals surface area contributed by atoms with Crippen LogP contribution in [-0.2, 0) is 11.2 Å². The van der Waals surface area contributed by atoms with E-state index in [1.807, 2.05) is 36.4 Å². The smallest absolute Gasteiger partial charge is 0.267 e. The first-order valence-electron chi connectivity index (χ1n) is 11.0. The third-order valence-electron chi connectivity index (χ3n) is 5.76. The van der Waals surface area contributed by atoms with Crippen LogP contribution in [0.3, 0.4) is 0 Å². The molecular weight excluding hydrogens is 426 g/mol. The van der Waals surface area contributed by atoms with E-state index in [9.17, 15) is 4.79 Å². The minimum absolute atomic E-state index is 0.128. The molecule has 0 aliphatic rings. The zero-order chi connectivity index (χ0) is 23.3. The Morgan fingerprint density at radius 2 is 1.74 bits per heavy atom. The van der Waals surface area contributed by atoms with Crippen LogP contribution in [0.25, 0.3) is 28.1 Å². The first-order valence-corrected chi connectivity index (χ1v) is 11.0.